The number of carbonyl (C=O) groups is 4. The van der Waals surface area contributed by atoms with Gasteiger partial charge in [-0.25, -0.2) is 4.79 Å². The van der Waals surface area contributed by atoms with Gasteiger partial charge in [0.2, 0.25) is 11.8 Å². The molecule has 0 aromatic heterocycles. The Hall–Kier alpha value is -2.84. The van der Waals surface area contributed by atoms with Gasteiger partial charge in [-0.2, -0.15) is 0 Å². The second kappa shape index (κ2) is 22.8. The average Bonchev–Trinajstić information content (AvgIpc) is 2.89. The van der Waals surface area contributed by atoms with Crippen LogP contribution in [0.2, 0.25) is 0 Å². The third kappa shape index (κ3) is 20.7. The normalized spacial score (nSPS) is 14.6. The standard InChI is InChI=1S/C17H28N4O7.C13H28/c1-3-19-10(2)15(24)21-13(17(27)28)7-8-14(23)20-11(9-22)5-4-6-12(18)16(25)26;1-6-9-12(8-3)11-13(4,5)10-7-2/h1,10-13,19,22H,4-9,18H2,2H3,(H,20,23)(H,21,24)(H,25,26)(H,27,28);12H,6-11H2,1-5H3. The Labute approximate surface area is 246 Å². The van der Waals surface area contributed by atoms with Crippen molar-refractivity contribution in [2.24, 2.45) is 17.1 Å². The molecule has 11 heteroatoms. The van der Waals surface area contributed by atoms with E-state index in [0.717, 1.165) is 5.92 Å². The van der Waals surface area contributed by atoms with Crippen LogP contribution < -0.4 is 21.7 Å². The van der Waals surface area contributed by atoms with Crippen LogP contribution in [0, 0.1) is 23.8 Å². The van der Waals surface area contributed by atoms with Crippen molar-refractivity contribution in [1.29, 1.82) is 0 Å². The Morgan fingerprint density at radius 1 is 0.951 bits per heavy atom. The maximum absolute atomic E-state index is 12.0. The van der Waals surface area contributed by atoms with Gasteiger partial charge in [0.05, 0.1) is 12.6 Å². The smallest absolute Gasteiger partial charge is 0.326 e. The lowest BCUT2D eigenvalue weighted by atomic mass is 9.77. The average molecular weight is 585 g/mol. The molecule has 0 saturated carbocycles. The molecule has 0 radical (unpaired) electrons. The van der Waals surface area contributed by atoms with Gasteiger partial charge in [-0.1, -0.05) is 66.7 Å². The highest BCUT2D eigenvalue weighted by Crippen LogP contribution is 2.33. The Morgan fingerprint density at radius 2 is 1.59 bits per heavy atom. The molecule has 11 nitrogen and oxygen atoms in total. The van der Waals surface area contributed by atoms with Crippen LogP contribution in [-0.2, 0) is 19.2 Å². The number of aliphatic carboxylic acids is 2. The van der Waals surface area contributed by atoms with Gasteiger partial charge in [0, 0.05) is 12.5 Å². The first kappa shape index (κ1) is 40.3. The molecule has 41 heavy (non-hydrogen) atoms. The molecule has 0 heterocycles. The number of carboxylic acids is 2. The molecule has 8 N–H and O–H groups in total. The molecule has 0 saturated heterocycles. The fraction of sp³-hybridized carbons (Fsp3) is 0.800. The third-order valence-corrected chi connectivity index (χ3v) is 6.98. The molecule has 0 fully saturated rings. The van der Waals surface area contributed by atoms with Crippen LogP contribution in [0.5, 0.6) is 0 Å². The lowest BCUT2D eigenvalue weighted by molar-refractivity contribution is -0.142. The minimum Gasteiger partial charge on any atom is -0.480 e. The quantitative estimate of drug-likeness (QED) is 0.0785. The summed E-state index contributed by atoms with van der Waals surface area (Å²) in [5.74, 6) is -2.58. The van der Waals surface area contributed by atoms with Gasteiger partial charge < -0.3 is 37.0 Å². The molecule has 5 unspecified atom stereocenters. The number of hydrogen-bond donors (Lipinski definition) is 7. The summed E-state index contributed by atoms with van der Waals surface area (Å²) in [5.41, 5.74) is 5.95. The van der Waals surface area contributed by atoms with E-state index in [1.165, 1.54) is 45.4 Å². The van der Waals surface area contributed by atoms with Crippen LogP contribution in [0.4, 0.5) is 0 Å². The number of carboxylic acid groups (broad SMARTS) is 2. The molecule has 0 aliphatic carbocycles. The Morgan fingerprint density at radius 3 is 2.05 bits per heavy atom. The Balaban J connectivity index is 0. The van der Waals surface area contributed by atoms with Crippen LogP contribution in [0.1, 0.15) is 112 Å². The number of nitrogens with two attached hydrogens (primary N) is 1. The van der Waals surface area contributed by atoms with Crippen LogP contribution in [0.15, 0.2) is 0 Å². The highest BCUT2D eigenvalue weighted by atomic mass is 16.4. The van der Waals surface area contributed by atoms with Crippen molar-refractivity contribution in [2.75, 3.05) is 6.61 Å². The zero-order chi connectivity index (χ0) is 32.0. The van der Waals surface area contributed by atoms with Crippen molar-refractivity contribution in [1.82, 2.24) is 16.0 Å². The van der Waals surface area contributed by atoms with Crippen molar-refractivity contribution in [3.63, 3.8) is 0 Å². The molecule has 238 valence electrons. The summed E-state index contributed by atoms with van der Waals surface area (Å²) in [5, 5.41) is 34.4. The summed E-state index contributed by atoms with van der Waals surface area (Å²) in [6, 6.07) is -1.62. The van der Waals surface area contributed by atoms with Crippen LogP contribution in [0.25, 0.3) is 0 Å². The summed E-state index contributed by atoms with van der Waals surface area (Å²) >= 11 is 0. The van der Waals surface area contributed by atoms with E-state index in [1.54, 1.807) is 0 Å². The number of hydrogen-bond acceptors (Lipinski definition) is 7. The minimum atomic E-state index is -1.30. The van der Waals surface area contributed by atoms with Gasteiger partial charge in [0.25, 0.3) is 0 Å². The molecular weight excluding hydrogens is 528 g/mol. The molecule has 0 bridgehead atoms. The zero-order valence-electron chi connectivity index (χ0n) is 26.0. The van der Waals surface area contributed by atoms with E-state index >= 15 is 0 Å². The zero-order valence-corrected chi connectivity index (χ0v) is 26.0. The number of amides is 2. The van der Waals surface area contributed by atoms with Gasteiger partial charge in [-0.3, -0.25) is 14.4 Å². The Kier molecular flexibility index (Phi) is 22.4. The van der Waals surface area contributed by atoms with Crippen molar-refractivity contribution < 1.29 is 34.5 Å². The fourth-order valence-corrected chi connectivity index (χ4v) is 4.66. The maximum atomic E-state index is 12.0. The van der Waals surface area contributed by atoms with E-state index in [9.17, 15) is 29.4 Å². The van der Waals surface area contributed by atoms with Gasteiger partial charge in [0.15, 0.2) is 0 Å². The largest absolute Gasteiger partial charge is 0.480 e. The number of aliphatic hydroxyl groups is 1. The number of nitrogens with one attached hydrogen (secondary N) is 3. The van der Waals surface area contributed by atoms with Crippen molar-refractivity contribution in [3.8, 4) is 12.5 Å². The first-order valence-electron chi connectivity index (χ1n) is 14.8. The first-order valence-corrected chi connectivity index (χ1v) is 14.8. The molecule has 2 amide bonds. The Bertz CT molecular complexity index is 813. The third-order valence-electron chi connectivity index (χ3n) is 6.98. The van der Waals surface area contributed by atoms with Crippen LogP contribution >= 0.6 is 0 Å². The maximum Gasteiger partial charge on any atom is 0.326 e. The fourth-order valence-electron chi connectivity index (χ4n) is 4.66. The molecule has 0 spiro atoms. The molecular formula is C30H56N4O7. The van der Waals surface area contributed by atoms with E-state index in [1.807, 2.05) is 0 Å². The summed E-state index contributed by atoms with van der Waals surface area (Å²) in [6.07, 6.45) is 13.8. The van der Waals surface area contributed by atoms with Gasteiger partial charge in [0.1, 0.15) is 18.1 Å². The van der Waals surface area contributed by atoms with Crippen LogP contribution in [-0.4, -0.2) is 69.8 Å². The number of aliphatic hydroxyl groups excluding tert-OH is 1. The number of carbonyl (C=O) groups excluding carboxylic acids is 2. The van der Waals surface area contributed by atoms with Crippen LogP contribution in [0.3, 0.4) is 0 Å². The lowest BCUT2D eigenvalue weighted by Crippen LogP contribution is -2.48. The predicted molar refractivity (Wildman–Crippen MR) is 161 cm³/mol. The molecule has 0 rings (SSSR count). The second-order valence-electron chi connectivity index (χ2n) is 11.5. The monoisotopic (exact) mass is 584 g/mol. The highest BCUT2D eigenvalue weighted by Gasteiger charge is 2.24. The van der Waals surface area contributed by atoms with E-state index in [-0.39, 0.29) is 25.9 Å². The summed E-state index contributed by atoms with van der Waals surface area (Å²) in [6.45, 7) is 12.9. The first-order chi connectivity index (χ1) is 19.2. The van der Waals surface area contributed by atoms with E-state index in [0.29, 0.717) is 18.3 Å². The molecule has 0 aliphatic rings. The number of rotatable bonds is 21. The van der Waals surface area contributed by atoms with Crippen molar-refractivity contribution in [3.05, 3.63) is 0 Å². The summed E-state index contributed by atoms with van der Waals surface area (Å²) in [4.78, 5) is 45.7. The summed E-state index contributed by atoms with van der Waals surface area (Å²) < 4.78 is 0. The van der Waals surface area contributed by atoms with E-state index in [4.69, 9.17) is 17.3 Å². The molecule has 0 aromatic rings. The number of terminal acetylenes is 1. The van der Waals surface area contributed by atoms with Gasteiger partial charge in [-0.15, -0.1) is 0 Å². The molecule has 5 atom stereocenters. The predicted octanol–water partition coefficient (Wildman–Crippen LogP) is 2.99. The topological polar surface area (TPSA) is 191 Å². The molecule has 0 aliphatic heterocycles. The molecule has 0 aromatic carbocycles. The van der Waals surface area contributed by atoms with E-state index in [2.05, 4.69) is 56.6 Å². The van der Waals surface area contributed by atoms with Gasteiger partial charge >= 0.3 is 11.9 Å². The lowest BCUT2D eigenvalue weighted by Gasteiger charge is -2.29. The van der Waals surface area contributed by atoms with E-state index < -0.39 is 47.9 Å². The second-order valence-corrected chi connectivity index (χ2v) is 11.5. The highest BCUT2D eigenvalue weighted by molar-refractivity contribution is 5.87. The minimum absolute atomic E-state index is 0.155. The van der Waals surface area contributed by atoms with Crippen molar-refractivity contribution in [2.45, 2.75) is 136 Å². The SMILES string of the molecule is C#CNC(C)C(=O)NC(CCC(=O)NC(CO)CCCC(N)C(=O)O)C(=O)O.CCCC(CC)CC(C)(C)CCC. The van der Waals surface area contributed by atoms with Gasteiger partial charge in [-0.05, 0) is 56.8 Å². The van der Waals surface area contributed by atoms with Crippen molar-refractivity contribution >= 4 is 23.8 Å². The summed E-state index contributed by atoms with van der Waals surface area (Å²) in [7, 11) is 0.